The van der Waals surface area contributed by atoms with Gasteiger partial charge in [0.2, 0.25) is 10.0 Å². The summed E-state index contributed by atoms with van der Waals surface area (Å²) in [7, 11) is -0.653. The lowest BCUT2D eigenvalue weighted by Crippen LogP contribution is -2.27. The van der Waals surface area contributed by atoms with Crippen LogP contribution in [0.5, 0.6) is 5.75 Å². The molecule has 0 bridgehead atoms. The molecule has 0 heterocycles. The van der Waals surface area contributed by atoms with E-state index in [2.05, 4.69) is 11.8 Å². The molecular formula is C14H19NO4S. The molecule has 1 rings (SSSR count). The predicted molar refractivity (Wildman–Crippen MR) is 77.1 cm³/mol. The fraction of sp³-hybridized carbons (Fsp3) is 0.429. The molecule has 0 unspecified atom stereocenters. The lowest BCUT2D eigenvalue weighted by molar-refractivity contribution is 0.305. The monoisotopic (exact) mass is 297 g/mol. The van der Waals surface area contributed by atoms with E-state index in [9.17, 15) is 8.42 Å². The van der Waals surface area contributed by atoms with E-state index in [0.717, 1.165) is 0 Å². The van der Waals surface area contributed by atoms with Crippen molar-refractivity contribution in [3.8, 4) is 17.6 Å². The average Bonchev–Trinajstić information content (AvgIpc) is 2.46. The second-order valence-corrected chi connectivity index (χ2v) is 6.07. The fourth-order valence-electron chi connectivity index (χ4n) is 1.51. The van der Waals surface area contributed by atoms with Gasteiger partial charge in [0.1, 0.15) is 10.6 Å². The van der Waals surface area contributed by atoms with Crippen molar-refractivity contribution in [1.82, 2.24) is 4.31 Å². The van der Waals surface area contributed by atoms with Crippen molar-refractivity contribution < 1.29 is 18.3 Å². The Kier molecular flexibility index (Phi) is 6.02. The molecule has 1 aromatic carbocycles. The van der Waals surface area contributed by atoms with E-state index in [-0.39, 0.29) is 17.3 Å². The first kappa shape index (κ1) is 16.5. The summed E-state index contributed by atoms with van der Waals surface area (Å²) in [4.78, 5) is 0.0974. The molecule has 0 saturated carbocycles. The van der Waals surface area contributed by atoms with Gasteiger partial charge in [-0.3, -0.25) is 0 Å². The summed E-state index contributed by atoms with van der Waals surface area (Å²) in [6.45, 7) is 2.10. The van der Waals surface area contributed by atoms with Crippen molar-refractivity contribution >= 4 is 10.0 Å². The third-order valence-electron chi connectivity index (χ3n) is 2.77. The van der Waals surface area contributed by atoms with Crippen LogP contribution in [0.25, 0.3) is 0 Å². The first-order valence-electron chi connectivity index (χ1n) is 6.21. The Morgan fingerprint density at radius 3 is 2.65 bits per heavy atom. The third-order valence-corrected chi connectivity index (χ3v) is 4.72. The molecule has 0 aliphatic carbocycles. The van der Waals surface area contributed by atoms with Crippen LogP contribution in [0, 0.1) is 11.8 Å². The first-order valence-corrected chi connectivity index (χ1v) is 7.65. The van der Waals surface area contributed by atoms with Crippen molar-refractivity contribution in [2.75, 3.05) is 27.3 Å². The van der Waals surface area contributed by atoms with E-state index < -0.39 is 10.0 Å². The number of ether oxygens (including phenoxy) is 1. The first-order chi connectivity index (χ1) is 9.47. The van der Waals surface area contributed by atoms with E-state index in [1.165, 1.54) is 24.5 Å². The minimum Gasteiger partial charge on any atom is -0.495 e. The number of rotatable bonds is 5. The molecule has 0 aromatic heterocycles. The van der Waals surface area contributed by atoms with Crippen LogP contribution < -0.4 is 4.74 Å². The van der Waals surface area contributed by atoms with E-state index >= 15 is 0 Å². The fourth-order valence-corrected chi connectivity index (χ4v) is 2.87. The van der Waals surface area contributed by atoms with Gasteiger partial charge in [0.25, 0.3) is 0 Å². The Hall–Kier alpha value is -1.55. The van der Waals surface area contributed by atoms with Gasteiger partial charge in [-0.2, -0.15) is 0 Å². The molecule has 0 atom stereocenters. The number of hydrogen-bond donors (Lipinski definition) is 1. The number of aliphatic hydroxyl groups excluding tert-OH is 1. The van der Waals surface area contributed by atoms with E-state index in [1.807, 2.05) is 0 Å². The van der Waals surface area contributed by atoms with Crippen LogP contribution in [0.15, 0.2) is 23.1 Å². The number of sulfonamides is 1. The van der Waals surface area contributed by atoms with Crippen molar-refractivity contribution in [2.45, 2.75) is 18.2 Å². The van der Waals surface area contributed by atoms with Gasteiger partial charge in [-0.1, -0.05) is 18.8 Å². The number of nitrogens with zero attached hydrogens (tertiary/aromatic N) is 1. The van der Waals surface area contributed by atoms with Gasteiger partial charge in [0, 0.05) is 25.6 Å². The van der Waals surface area contributed by atoms with Gasteiger partial charge in [-0.15, -0.1) is 0 Å². The summed E-state index contributed by atoms with van der Waals surface area (Å²) >= 11 is 0. The minimum atomic E-state index is -3.59. The van der Waals surface area contributed by atoms with Crippen molar-refractivity contribution in [3.63, 3.8) is 0 Å². The Morgan fingerprint density at radius 2 is 2.10 bits per heavy atom. The highest BCUT2D eigenvalue weighted by Gasteiger charge is 2.23. The molecule has 20 heavy (non-hydrogen) atoms. The quantitative estimate of drug-likeness (QED) is 0.826. The van der Waals surface area contributed by atoms with Crippen LogP contribution in [0.3, 0.4) is 0 Å². The van der Waals surface area contributed by atoms with Crippen LogP contribution in [0.4, 0.5) is 0 Å². The molecule has 5 nitrogen and oxygen atoms in total. The Balaban J connectivity index is 3.30. The molecule has 0 spiro atoms. The number of hydrogen-bond acceptors (Lipinski definition) is 4. The van der Waals surface area contributed by atoms with Crippen LogP contribution in [0.1, 0.15) is 18.9 Å². The molecule has 110 valence electrons. The van der Waals surface area contributed by atoms with E-state index in [0.29, 0.717) is 18.5 Å². The Bertz CT molecular complexity index is 614. The molecule has 0 aliphatic rings. The second kappa shape index (κ2) is 7.29. The average molecular weight is 297 g/mol. The van der Waals surface area contributed by atoms with Crippen LogP contribution in [-0.4, -0.2) is 45.1 Å². The van der Waals surface area contributed by atoms with Gasteiger partial charge in [-0.25, -0.2) is 12.7 Å². The van der Waals surface area contributed by atoms with Crippen molar-refractivity contribution in [2.24, 2.45) is 0 Å². The molecule has 1 aromatic rings. The standard InChI is InChI=1S/C14H19NO4S/c1-4-15(2)20(17,18)14-11-12(7-5-6-10-16)8-9-13(14)19-3/h8-9,11,16H,4,6,10H2,1-3H3. The van der Waals surface area contributed by atoms with Crippen LogP contribution >= 0.6 is 0 Å². The summed E-state index contributed by atoms with van der Waals surface area (Å²) in [6, 6.07) is 4.76. The largest absolute Gasteiger partial charge is 0.495 e. The molecule has 0 radical (unpaired) electrons. The van der Waals surface area contributed by atoms with Crippen molar-refractivity contribution in [1.29, 1.82) is 0 Å². The molecule has 0 amide bonds. The maximum atomic E-state index is 12.4. The lowest BCUT2D eigenvalue weighted by atomic mass is 10.2. The van der Waals surface area contributed by atoms with Gasteiger partial charge in [0.15, 0.2) is 0 Å². The number of aliphatic hydroxyl groups is 1. The van der Waals surface area contributed by atoms with E-state index in [4.69, 9.17) is 9.84 Å². The highest BCUT2D eigenvalue weighted by atomic mass is 32.2. The highest BCUT2D eigenvalue weighted by molar-refractivity contribution is 7.89. The van der Waals surface area contributed by atoms with Crippen LogP contribution in [-0.2, 0) is 10.0 Å². The van der Waals surface area contributed by atoms with Gasteiger partial charge >= 0.3 is 0 Å². The molecule has 0 saturated heterocycles. The third kappa shape index (κ3) is 3.73. The predicted octanol–water partition coefficient (Wildman–Crippen LogP) is 1.07. The van der Waals surface area contributed by atoms with E-state index in [1.54, 1.807) is 19.1 Å². The number of benzene rings is 1. The maximum Gasteiger partial charge on any atom is 0.246 e. The lowest BCUT2D eigenvalue weighted by Gasteiger charge is -2.17. The molecule has 6 heteroatoms. The summed E-state index contributed by atoms with van der Waals surface area (Å²) in [5, 5.41) is 8.69. The zero-order valence-corrected chi connectivity index (χ0v) is 12.7. The highest BCUT2D eigenvalue weighted by Crippen LogP contribution is 2.27. The SMILES string of the molecule is CCN(C)S(=O)(=O)c1cc(C#CCCO)ccc1OC. The van der Waals surface area contributed by atoms with Crippen LogP contribution in [0.2, 0.25) is 0 Å². The summed E-state index contributed by atoms with van der Waals surface area (Å²) in [6.07, 6.45) is 0.350. The molecule has 0 aliphatic heterocycles. The minimum absolute atomic E-state index is 0.0209. The van der Waals surface area contributed by atoms with Gasteiger partial charge < -0.3 is 9.84 Å². The maximum absolute atomic E-state index is 12.4. The summed E-state index contributed by atoms with van der Waals surface area (Å²) in [5.74, 6) is 5.87. The van der Waals surface area contributed by atoms with Crippen molar-refractivity contribution in [3.05, 3.63) is 23.8 Å². The summed E-state index contributed by atoms with van der Waals surface area (Å²) in [5.41, 5.74) is 0.572. The topological polar surface area (TPSA) is 66.8 Å². The number of methoxy groups -OCH3 is 1. The summed E-state index contributed by atoms with van der Waals surface area (Å²) < 4.78 is 31.1. The second-order valence-electron chi connectivity index (χ2n) is 4.06. The molecule has 0 fully saturated rings. The zero-order chi connectivity index (χ0) is 15.2. The van der Waals surface area contributed by atoms with Gasteiger partial charge in [0.05, 0.1) is 13.7 Å². The molecule has 1 N–H and O–H groups in total. The molecular weight excluding hydrogens is 278 g/mol. The normalized spacial score (nSPS) is 11.1. The van der Waals surface area contributed by atoms with Gasteiger partial charge in [-0.05, 0) is 18.2 Å². The zero-order valence-electron chi connectivity index (χ0n) is 11.9. The Morgan fingerprint density at radius 1 is 1.40 bits per heavy atom. The smallest absolute Gasteiger partial charge is 0.246 e. The Labute approximate surface area is 120 Å².